The summed E-state index contributed by atoms with van der Waals surface area (Å²) in [6.45, 7) is 6.04. The summed E-state index contributed by atoms with van der Waals surface area (Å²) >= 11 is 0. The van der Waals surface area contributed by atoms with Crippen molar-refractivity contribution in [1.82, 2.24) is 15.5 Å². The fraction of sp³-hybridized carbons (Fsp3) is 0.652. The number of carbonyl (C=O) groups excluding carboxylic acids is 2. The van der Waals surface area contributed by atoms with Crippen molar-refractivity contribution in [3.05, 3.63) is 23.6 Å². The molecular formula is C23H32F3N3O8S2. The van der Waals surface area contributed by atoms with Gasteiger partial charge in [-0.3, -0.25) is 9.69 Å². The Morgan fingerprint density at radius 1 is 1.36 bits per heavy atom. The highest BCUT2D eigenvalue weighted by molar-refractivity contribution is 8.77. The molecule has 0 saturated heterocycles. The number of nitrogens with one attached hydrogen (secondary N) is 2. The maximum atomic E-state index is 12.8. The van der Waals surface area contributed by atoms with Crippen LogP contribution in [-0.4, -0.2) is 90.3 Å². The summed E-state index contributed by atoms with van der Waals surface area (Å²) in [7, 11) is 3.83. The topological polar surface area (TPSA) is 128 Å². The van der Waals surface area contributed by atoms with Gasteiger partial charge in [0.05, 0.1) is 20.3 Å². The van der Waals surface area contributed by atoms with Gasteiger partial charge in [0.2, 0.25) is 0 Å². The average Bonchev–Trinajstić information content (AvgIpc) is 3.11. The summed E-state index contributed by atoms with van der Waals surface area (Å²) < 4.78 is 53.2. The number of aliphatic hydroxyl groups is 1. The third-order valence-corrected chi connectivity index (χ3v) is 8.14. The second kappa shape index (κ2) is 14.0. The molecule has 2 heterocycles. The molecule has 0 aromatic carbocycles. The van der Waals surface area contributed by atoms with Gasteiger partial charge in [-0.25, -0.2) is 4.79 Å². The smallest absolute Gasteiger partial charge is 0.393 e. The zero-order valence-electron chi connectivity index (χ0n) is 22.1. The molecule has 0 saturated carbocycles. The van der Waals surface area contributed by atoms with Gasteiger partial charge in [-0.1, -0.05) is 33.4 Å². The van der Waals surface area contributed by atoms with Crippen LogP contribution in [0.5, 0.6) is 0 Å². The average molecular weight is 600 g/mol. The number of hydrogen-bond acceptors (Lipinski definition) is 10. The minimum atomic E-state index is -4.92. The number of alkyl halides is 3. The zero-order valence-corrected chi connectivity index (χ0v) is 23.7. The number of halogens is 3. The van der Waals surface area contributed by atoms with Crippen molar-refractivity contribution in [1.29, 1.82) is 0 Å². The van der Waals surface area contributed by atoms with Gasteiger partial charge in [0, 0.05) is 29.1 Å². The fourth-order valence-electron chi connectivity index (χ4n) is 3.25. The maximum Gasteiger partial charge on any atom is 0.471 e. The number of carbonyl (C=O) groups is 2. The lowest BCUT2D eigenvalue weighted by atomic mass is 10.1. The first-order valence-electron chi connectivity index (χ1n) is 11.5. The molecule has 2 atom stereocenters. The number of urea groups is 1. The van der Waals surface area contributed by atoms with Gasteiger partial charge in [-0.15, -0.1) is 0 Å². The van der Waals surface area contributed by atoms with E-state index >= 15 is 0 Å². The molecule has 2 unspecified atom stereocenters. The second-order valence-corrected chi connectivity index (χ2v) is 12.2. The molecular weight excluding hydrogens is 567 g/mol. The molecule has 0 fully saturated rings. The van der Waals surface area contributed by atoms with Crippen LogP contribution in [0, 0.1) is 11.8 Å². The molecule has 0 radical (unpaired) electrons. The van der Waals surface area contributed by atoms with Crippen LogP contribution in [0.2, 0.25) is 0 Å². The van der Waals surface area contributed by atoms with Crippen LogP contribution < -0.4 is 10.6 Å². The molecule has 0 bridgehead atoms. The van der Waals surface area contributed by atoms with E-state index in [0.29, 0.717) is 5.57 Å². The summed E-state index contributed by atoms with van der Waals surface area (Å²) in [4.78, 5) is 34.9. The number of rotatable bonds is 11. The number of nitrogens with zero attached hydrogens (tertiary/aromatic N) is 1. The van der Waals surface area contributed by atoms with Crippen LogP contribution in [-0.2, 0) is 28.8 Å². The molecule has 2 aliphatic rings. The lowest BCUT2D eigenvalue weighted by Crippen LogP contribution is -2.53. The maximum absolute atomic E-state index is 12.8. The van der Waals surface area contributed by atoms with Gasteiger partial charge in [-0.2, -0.15) is 18.1 Å². The Kier molecular flexibility index (Phi) is 11.9. The monoisotopic (exact) mass is 599 g/mol. The van der Waals surface area contributed by atoms with Crippen molar-refractivity contribution < 1.29 is 51.9 Å². The van der Waals surface area contributed by atoms with Gasteiger partial charge in [-0.05, 0) is 27.7 Å². The summed E-state index contributed by atoms with van der Waals surface area (Å²) in [6, 6.07) is -0.537. The number of aliphatic hydroxyl groups excluding tert-OH is 1. The number of hydrogen-bond donors (Lipinski definition) is 3. The molecule has 0 aromatic heterocycles. The molecule has 220 valence electrons. The summed E-state index contributed by atoms with van der Waals surface area (Å²) in [5, 5.41) is 14.3. The minimum Gasteiger partial charge on any atom is -0.393 e. The van der Waals surface area contributed by atoms with E-state index in [1.807, 2.05) is 5.32 Å². The molecule has 11 nitrogen and oxygen atoms in total. The summed E-state index contributed by atoms with van der Waals surface area (Å²) in [5.41, 5.74) is -2.16. The highest BCUT2D eigenvalue weighted by Crippen LogP contribution is 2.40. The van der Waals surface area contributed by atoms with E-state index in [1.54, 1.807) is 27.7 Å². The quantitative estimate of drug-likeness (QED) is 0.0815. The Hall–Kier alpha value is -2.13. The van der Waals surface area contributed by atoms with Crippen LogP contribution in [0.1, 0.15) is 27.7 Å². The van der Waals surface area contributed by atoms with E-state index in [9.17, 15) is 27.9 Å². The Bertz CT molecular complexity index is 1010. The number of ether oxygens (including phenoxy) is 3. The van der Waals surface area contributed by atoms with Crippen molar-refractivity contribution in [2.24, 2.45) is 0 Å². The Balaban J connectivity index is 1.96. The molecule has 0 spiro atoms. The highest BCUT2D eigenvalue weighted by Gasteiger charge is 2.51. The highest BCUT2D eigenvalue weighted by atomic mass is 33.1. The van der Waals surface area contributed by atoms with E-state index in [4.69, 9.17) is 24.0 Å². The van der Waals surface area contributed by atoms with Gasteiger partial charge in [0.1, 0.15) is 19.3 Å². The molecule has 0 aromatic rings. The van der Waals surface area contributed by atoms with Crippen LogP contribution in [0.25, 0.3) is 0 Å². The predicted octanol–water partition coefficient (Wildman–Crippen LogP) is 2.64. The SMILES string of the molecule is COOC1=CC(C)(N2C=C(C#CCOCSSC(C)(C)CNC(=O)C(F)(F)F)COCNC2=O)OC1(C)CO. The molecule has 0 aliphatic carbocycles. The van der Waals surface area contributed by atoms with Crippen LogP contribution in [0.4, 0.5) is 18.0 Å². The third kappa shape index (κ3) is 9.78. The second-order valence-electron chi connectivity index (χ2n) is 9.21. The zero-order chi connectivity index (χ0) is 29.3. The first kappa shape index (κ1) is 33.1. The summed E-state index contributed by atoms with van der Waals surface area (Å²) in [5.74, 6) is 4.13. The van der Waals surface area contributed by atoms with Crippen molar-refractivity contribution in [2.75, 3.05) is 46.1 Å². The van der Waals surface area contributed by atoms with E-state index in [1.165, 1.54) is 45.9 Å². The molecule has 3 N–H and O–H groups in total. The third-order valence-electron chi connectivity index (χ3n) is 5.16. The summed E-state index contributed by atoms with van der Waals surface area (Å²) in [6.07, 6.45) is -1.94. The standard InChI is InChI=1S/C23H32F3N3O8S2/c1-20(2,12-27-18(31)23(24,25)26)39-38-15-34-8-6-7-16-10-29(19(32)28-14-35-11-16)22(4)9-17(36-33-5)21(3,13-30)37-22/h9-10,30H,8,11-15H2,1-5H3,(H,27,31)(H,28,32). The van der Waals surface area contributed by atoms with Crippen molar-refractivity contribution in [2.45, 2.75) is 49.9 Å². The van der Waals surface area contributed by atoms with Crippen LogP contribution in [0.3, 0.4) is 0 Å². The largest absolute Gasteiger partial charge is 0.471 e. The van der Waals surface area contributed by atoms with Gasteiger partial charge in [0.25, 0.3) is 0 Å². The Labute approximate surface area is 232 Å². The molecule has 39 heavy (non-hydrogen) atoms. The first-order valence-corrected chi connectivity index (χ1v) is 13.8. The van der Waals surface area contributed by atoms with E-state index in [-0.39, 0.29) is 38.2 Å². The van der Waals surface area contributed by atoms with Crippen molar-refractivity contribution >= 4 is 33.5 Å². The van der Waals surface area contributed by atoms with Crippen LogP contribution in [0.15, 0.2) is 23.6 Å². The van der Waals surface area contributed by atoms with Gasteiger partial charge >= 0.3 is 18.1 Å². The van der Waals surface area contributed by atoms with Crippen molar-refractivity contribution in [3.8, 4) is 11.8 Å². The van der Waals surface area contributed by atoms with E-state index < -0.39 is 40.8 Å². The van der Waals surface area contributed by atoms with E-state index in [0.717, 1.165) is 0 Å². The van der Waals surface area contributed by atoms with Crippen molar-refractivity contribution in [3.63, 3.8) is 0 Å². The Morgan fingerprint density at radius 2 is 2.08 bits per heavy atom. The predicted molar refractivity (Wildman–Crippen MR) is 137 cm³/mol. The Morgan fingerprint density at radius 3 is 2.72 bits per heavy atom. The lowest BCUT2D eigenvalue weighted by molar-refractivity contribution is -0.262. The van der Waals surface area contributed by atoms with Gasteiger partial charge < -0.3 is 34.8 Å². The normalized spacial score (nSPS) is 24.0. The molecule has 3 amide bonds. The fourth-order valence-corrected chi connectivity index (χ4v) is 5.39. The van der Waals surface area contributed by atoms with Gasteiger partial charge in [0.15, 0.2) is 17.1 Å². The number of amides is 3. The minimum absolute atomic E-state index is 0.0322. The van der Waals surface area contributed by atoms with Crippen LogP contribution >= 0.6 is 21.6 Å². The lowest BCUT2D eigenvalue weighted by Gasteiger charge is -2.37. The molecule has 2 aliphatic heterocycles. The molecule has 16 heteroatoms. The molecule has 2 rings (SSSR count). The first-order chi connectivity index (χ1) is 18.2. The van der Waals surface area contributed by atoms with E-state index in [2.05, 4.69) is 17.2 Å².